The van der Waals surface area contributed by atoms with Crippen LogP contribution >= 0.6 is 7.14 Å². The summed E-state index contributed by atoms with van der Waals surface area (Å²) in [5.41, 5.74) is 0.435. The lowest BCUT2D eigenvalue weighted by atomic mass is 9.85. The molecule has 1 saturated carbocycles. The minimum absolute atomic E-state index is 0.435. The van der Waals surface area contributed by atoms with Gasteiger partial charge in [-0.2, -0.15) is 0 Å². The zero-order chi connectivity index (χ0) is 9.60. The molecule has 3 atom stereocenters. The second kappa shape index (κ2) is 2.84. The van der Waals surface area contributed by atoms with Crippen LogP contribution in [0.25, 0.3) is 0 Å². The molecule has 1 nitrogen and oxygen atoms in total. The van der Waals surface area contributed by atoms with E-state index in [1.807, 2.05) is 36.1 Å². The van der Waals surface area contributed by atoms with E-state index in [1.54, 1.807) is 0 Å². The summed E-state index contributed by atoms with van der Waals surface area (Å²) in [6, 6.07) is 9.95. The van der Waals surface area contributed by atoms with Crippen LogP contribution in [0.15, 0.2) is 42.2 Å². The molecule has 14 heavy (non-hydrogen) atoms. The highest BCUT2D eigenvalue weighted by atomic mass is 31.2. The van der Waals surface area contributed by atoms with Gasteiger partial charge in [-0.15, -0.1) is 0 Å². The average molecular weight is 204 g/mol. The van der Waals surface area contributed by atoms with Crippen molar-refractivity contribution < 1.29 is 4.57 Å². The number of hydrogen-bond acceptors (Lipinski definition) is 1. The monoisotopic (exact) mass is 204 g/mol. The van der Waals surface area contributed by atoms with Crippen LogP contribution < -0.4 is 5.30 Å². The highest BCUT2D eigenvalue weighted by molar-refractivity contribution is 7.75. The van der Waals surface area contributed by atoms with Gasteiger partial charge < -0.3 is 4.57 Å². The lowest BCUT2D eigenvalue weighted by molar-refractivity contribution is 0.395. The fraction of sp³-hybridized carbons (Fsp3) is 0.333. The topological polar surface area (TPSA) is 17.1 Å². The molecule has 1 aliphatic carbocycles. The van der Waals surface area contributed by atoms with Gasteiger partial charge in [0, 0.05) is 11.0 Å². The number of fused-ring (bicyclic) bond motifs is 1. The minimum Gasteiger partial charge on any atom is -0.314 e. The molecule has 72 valence electrons. The zero-order valence-corrected chi connectivity index (χ0v) is 8.86. The highest BCUT2D eigenvalue weighted by Crippen LogP contribution is 2.65. The van der Waals surface area contributed by atoms with Crippen molar-refractivity contribution in [1.82, 2.24) is 0 Å². The van der Waals surface area contributed by atoms with Crippen LogP contribution in [0.3, 0.4) is 0 Å². The average Bonchev–Trinajstić information content (AvgIpc) is 2.39. The number of hydrogen-bond donors (Lipinski definition) is 0. The molecule has 0 amide bonds. The third-order valence-corrected chi connectivity index (χ3v) is 6.84. The number of allylic oxidation sites excluding steroid dienone is 1. The molecule has 0 radical (unpaired) electrons. The summed E-state index contributed by atoms with van der Waals surface area (Å²) in [5, 5.41) is 1.04. The van der Waals surface area contributed by atoms with E-state index in [0.29, 0.717) is 11.6 Å². The lowest BCUT2D eigenvalue weighted by Crippen LogP contribution is -2.28. The maximum Gasteiger partial charge on any atom is 0.139 e. The van der Waals surface area contributed by atoms with Crippen LogP contribution in [0.2, 0.25) is 0 Å². The van der Waals surface area contributed by atoms with E-state index in [1.165, 1.54) is 6.42 Å². The van der Waals surface area contributed by atoms with Crippen molar-refractivity contribution in [2.45, 2.75) is 18.5 Å². The summed E-state index contributed by atoms with van der Waals surface area (Å²) in [6.45, 7) is 0. The summed E-state index contributed by atoms with van der Waals surface area (Å²) in [5.74, 6) is 2.60. The Bertz CT molecular complexity index is 421. The lowest BCUT2D eigenvalue weighted by Gasteiger charge is -2.34. The van der Waals surface area contributed by atoms with Crippen molar-refractivity contribution in [3.63, 3.8) is 0 Å². The summed E-state index contributed by atoms with van der Waals surface area (Å²) in [4.78, 5) is 0. The molecule has 1 aromatic carbocycles. The van der Waals surface area contributed by atoms with Crippen molar-refractivity contribution in [3.05, 3.63) is 42.2 Å². The standard InChI is InChI=1S/C12H13OP/c13-14(11-4-2-1-3-5-11)9-8-10-6-7-12(10)14/h1-5,8-10,12H,6-7H2. The van der Waals surface area contributed by atoms with Crippen molar-refractivity contribution in [1.29, 1.82) is 0 Å². The fourth-order valence-corrected chi connectivity index (χ4v) is 5.74. The van der Waals surface area contributed by atoms with Gasteiger partial charge in [0.2, 0.25) is 0 Å². The van der Waals surface area contributed by atoms with Gasteiger partial charge in [-0.25, -0.2) is 0 Å². The Morgan fingerprint density at radius 3 is 2.50 bits per heavy atom. The van der Waals surface area contributed by atoms with Crippen molar-refractivity contribution >= 4 is 12.4 Å². The molecule has 0 N–H and O–H groups in total. The second-order valence-corrected chi connectivity index (χ2v) is 7.09. The fourth-order valence-electron chi connectivity index (χ4n) is 2.50. The first-order valence-corrected chi connectivity index (χ1v) is 6.99. The van der Waals surface area contributed by atoms with Crippen molar-refractivity contribution in [2.24, 2.45) is 5.92 Å². The van der Waals surface area contributed by atoms with Gasteiger partial charge in [-0.3, -0.25) is 0 Å². The first-order chi connectivity index (χ1) is 6.81. The van der Waals surface area contributed by atoms with Gasteiger partial charge in [-0.05, 0) is 24.6 Å². The van der Waals surface area contributed by atoms with E-state index in [0.717, 1.165) is 11.7 Å². The van der Waals surface area contributed by atoms with E-state index >= 15 is 0 Å². The van der Waals surface area contributed by atoms with Gasteiger partial charge in [-0.1, -0.05) is 36.4 Å². The molecule has 0 aromatic heterocycles. The van der Waals surface area contributed by atoms with Crippen LogP contribution in [-0.2, 0) is 4.57 Å². The minimum atomic E-state index is -2.16. The summed E-state index contributed by atoms with van der Waals surface area (Å²) in [6.07, 6.45) is 4.55. The number of benzene rings is 1. The van der Waals surface area contributed by atoms with Gasteiger partial charge in [0.25, 0.3) is 0 Å². The molecule has 0 bridgehead atoms. The SMILES string of the molecule is O=P1(c2ccccc2)C=CC2CCC21. The van der Waals surface area contributed by atoms with E-state index < -0.39 is 7.14 Å². The third kappa shape index (κ3) is 0.994. The molecule has 3 unspecified atom stereocenters. The number of rotatable bonds is 1. The van der Waals surface area contributed by atoms with E-state index in [4.69, 9.17) is 0 Å². The van der Waals surface area contributed by atoms with E-state index in [2.05, 4.69) is 6.08 Å². The Hall–Kier alpha value is -0.810. The molecule has 0 saturated heterocycles. The Balaban J connectivity index is 2.06. The highest BCUT2D eigenvalue weighted by Gasteiger charge is 2.46. The molecule has 1 fully saturated rings. The second-order valence-electron chi connectivity index (χ2n) is 4.19. The molecular weight excluding hydrogens is 191 g/mol. The first kappa shape index (κ1) is 8.49. The summed E-state index contributed by atoms with van der Waals surface area (Å²) < 4.78 is 12.7. The van der Waals surface area contributed by atoms with Crippen LogP contribution in [0.1, 0.15) is 12.8 Å². The normalized spacial score (nSPS) is 39.1. The molecule has 1 heterocycles. The first-order valence-electron chi connectivity index (χ1n) is 5.15. The molecule has 2 aliphatic rings. The maximum atomic E-state index is 12.7. The summed E-state index contributed by atoms with van der Waals surface area (Å²) in [7, 11) is -2.16. The van der Waals surface area contributed by atoms with Gasteiger partial charge in [0.05, 0.1) is 0 Å². The quantitative estimate of drug-likeness (QED) is 0.643. The molecule has 1 aliphatic heterocycles. The smallest absolute Gasteiger partial charge is 0.139 e. The predicted octanol–water partition coefficient (Wildman–Crippen LogP) is 2.98. The van der Waals surface area contributed by atoms with E-state index in [9.17, 15) is 4.57 Å². The molecule has 3 rings (SSSR count). The largest absolute Gasteiger partial charge is 0.314 e. The van der Waals surface area contributed by atoms with Crippen LogP contribution in [0.5, 0.6) is 0 Å². The summed E-state index contributed by atoms with van der Waals surface area (Å²) >= 11 is 0. The van der Waals surface area contributed by atoms with Crippen molar-refractivity contribution in [2.75, 3.05) is 0 Å². The van der Waals surface area contributed by atoms with Crippen LogP contribution in [-0.4, -0.2) is 5.66 Å². The zero-order valence-electron chi connectivity index (χ0n) is 7.97. The molecule has 1 aromatic rings. The predicted molar refractivity (Wildman–Crippen MR) is 59.3 cm³/mol. The van der Waals surface area contributed by atoms with Crippen LogP contribution in [0.4, 0.5) is 0 Å². The van der Waals surface area contributed by atoms with E-state index in [-0.39, 0.29) is 0 Å². The Labute approximate surface area is 84.2 Å². The molecule has 0 spiro atoms. The third-order valence-electron chi connectivity index (χ3n) is 3.50. The Morgan fingerprint density at radius 2 is 1.93 bits per heavy atom. The molecule has 2 heteroatoms. The van der Waals surface area contributed by atoms with Gasteiger partial charge in [0.15, 0.2) is 0 Å². The Morgan fingerprint density at radius 1 is 1.14 bits per heavy atom. The molecular formula is C12H13OP. The Kier molecular flexibility index (Phi) is 1.72. The maximum absolute atomic E-state index is 12.7. The van der Waals surface area contributed by atoms with Crippen molar-refractivity contribution in [3.8, 4) is 0 Å². The van der Waals surface area contributed by atoms with Crippen LogP contribution in [0, 0.1) is 5.92 Å². The van der Waals surface area contributed by atoms with Gasteiger partial charge >= 0.3 is 0 Å². The van der Waals surface area contributed by atoms with Gasteiger partial charge in [0.1, 0.15) is 7.14 Å².